The molecule has 1 aromatic rings. The minimum Gasteiger partial charge on any atom is -0.315 e. The lowest BCUT2D eigenvalue weighted by molar-refractivity contribution is 0.202. The molecule has 0 bridgehead atoms. The lowest BCUT2D eigenvalue weighted by Gasteiger charge is -2.32. The van der Waals surface area contributed by atoms with Crippen LogP contribution in [0.2, 0.25) is 0 Å². The third kappa shape index (κ3) is 4.90. The van der Waals surface area contributed by atoms with E-state index in [-0.39, 0.29) is 18.4 Å². The highest BCUT2D eigenvalue weighted by atomic mass is 35.5. The second-order valence-electron chi connectivity index (χ2n) is 8.30. The van der Waals surface area contributed by atoms with Crippen molar-refractivity contribution in [2.75, 3.05) is 39.3 Å². The van der Waals surface area contributed by atoms with Gasteiger partial charge in [-0.2, -0.15) is 4.31 Å². The molecule has 2 saturated heterocycles. The maximum absolute atomic E-state index is 13.6. The van der Waals surface area contributed by atoms with E-state index in [2.05, 4.69) is 16.3 Å². The lowest BCUT2D eigenvalue weighted by Crippen LogP contribution is -2.46. The van der Waals surface area contributed by atoms with Gasteiger partial charge in [0.15, 0.2) is 0 Å². The van der Waals surface area contributed by atoms with Gasteiger partial charge in [-0.15, -0.1) is 12.4 Å². The van der Waals surface area contributed by atoms with Crippen molar-refractivity contribution in [2.24, 2.45) is 0 Å². The number of nitrogens with one attached hydrogen (secondary N) is 1. The average Bonchev–Trinajstić information content (AvgIpc) is 3.23. The molecule has 1 N–H and O–H groups in total. The summed E-state index contributed by atoms with van der Waals surface area (Å²) in [5, 5.41) is 3.34. The number of hydrogen-bond donors (Lipinski definition) is 1. The first-order valence-electron chi connectivity index (χ1n) is 10.7. The van der Waals surface area contributed by atoms with Crippen molar-refractivity contribution in [3.63, 3.8) is 0 Å². The second-order valence-corrected chi connectivity index (χ2v) is 10.2. The predicted molar refractivity (Wildman–Crippen MR) is 116 cm³/mol. The van der Waals surface area contributed by atoms with Crippen LogP contribution in [0.1, 0.15) is 49.7 Å². The van der Waals surface area contributed by atoms with E-state index in [1.54, 1.807) is 4.31 Å². The Hall–Kier alpha value is -0.660. The van der Waals surface area contributed by atoms with Crippen LogP contribution in [0.25, 0.3) is 0 Å². The number of sulfonamides is 1. The van der Waals surface area contributed by atoms with Crippen molar-refractivity contribution in [1.82, 2.24) is 14.5 Å². The van der Waals surface area contributed by atoms with Crippen LogP contribution in [0.5, 0.6) is 0 Å². The third-order valence-corrected chi connectivity index (χ3v) is 8.40. The Kier molecular flexibility index (Phi) is 7.79. The fourth-order valence-electron chi connectivity index (χ4n) is 4.81. The zero-order chi connectivity index (χ0) is 18.7. The monoisotopic (exact) mass is 427 g/mol. The minimum absolute atomic E-state index is 0. The molecule has 0 amide bonds. The summed E-state index contributed by atoms with van der Waals surface area (Å²) in [6.45, 7) is 5.34. The second kappa shape index (κ2) is 9.90. The van der Waals surface area contributed by atoms with E-state index in [0.29, 0.717) is 11.4 Å². The van der Waals surface area contributed by atoms with E-state index in [4.69, 9.17) is 0 Å². The molecule has 28 heavy (non-hydrogen) atoms. The Bertz CT molecular complexity index is 744. The number of likely N-dealkylation sites (tertiary alicyclic amines) is 1. The molecule has 1 aliphatic carbocycles. The van der Waals surface area contributed by atoms with Crippen molar-refractivity contribution in [2.45, 2.75) is 62.3 Å². The van der Waals surface area contributed by atoms with Gasteiger partial charge in [0.2, 0.25) is 10.0 Å². The van der Waals surface area contributed by atoms with Crippen LogP contribution >= 0.6 is 12.4 Å². The van der Waals surface area contributed by atoms with Gasteiger partial charge in [-0.1, -0.05) is 12.5 Å². The topological polar surface area (TPSA) is 52.7 Å². The third-order valence-electron chi connectivity index (χ3n) is 6.45. The molecule has 0 radical (unpaired) electrons. The molecule has 2 heterocycles. The number of benzene rings is 1. The van der Waals surface area contributed by atoms with Crippen molar-refractivity contribution in [3.05, 3.63) is 29.3 Å². The molecule has 0 spiro atoms. The van der Waals surface area contributed by atoms with Gasteiger partial charge in [-0.05, 0) is 87.8 Å². The zero-order valence-electron chi connectivity index (χ0n) is 16.7. The molecular weight excluding hydrogens is 394 g/mol. The van der Waals surface area contributed by atoms with Gasteiger partial charge in [0, 0.05) is 25.7 Å². The van der Waals surface area contributed by atoms with E-state index in [1.165, 1.54) is 43.2 Å². The van der Waals surface area contributed by atoms with Crippen LogP contribution in [-0.2, 0) is 22.9 Å². The van der Waals surface area contributed by atoms with Gasteiger partial charge >= 0.3 is 0 Å². The number of aryl methyl sites for hydroxylation is 2. The summed E-state index contributed by atoms with van der Waals surface area (Å²) < 4.78 is 28.9. The summed E-state index contributed by atoms with van der Waals surface area (Å²) in [4.78, 5) is 2.93. The van der Waals surface area contributed by atoms with E-state index >= 15 is 0 Å². The molecule has 1 unspecified atom stereocenters. The molecule has 1 aromatic carbocycles. The van der Waals surface area contributed by atoms with Gasteiger partial charge < -0.3 is 10.2 Å². The van der Waals surface area contributed by atoms with Crippen molar-refractivity contribution < 1.29 is 8.42 Å². The number of fused-ring (bicyclic) bond motifs is 1. The predicted octanol–water partition coefficient (Wildman–Crippen LogP) is 2.83. The highest BCUT2D eigenvalue weighted by Gasteiger charge is 2.34. The largest absolute Gasteiger partial charge is 0.315 e. The number of rotatable bonds is 6. The van der Waals surface area contributed by atoms with Crippen molar-refractivity contribution >= 4 is 22.4 Å². The summed E-state index contributed by atoms with van der Waals surface area (Å²) in [6.07, 6.45) is 9.17. The Morgan fingerprint density at radius 3 is 2.50 bits per heavy atom. The van der Waals surface area contributed by atoms with E-state index < -0.39 is 10.0 Å². The van der Waals surface area contributed by atoms with Crippen LogP contribution in [0, 0.1) is 0 Å². The van der Waals surface area contributed by atoms with Crippen molar-refractivity contribution in [1.29, 1.82) is 0 Å². The minimum atomic E-state index is -3.45. The van der Waals surface area contributed by atoms with Crippen LogP contribution < -0.4 is 5.32 Å². The molecule has 2 fully saturated rings. The van der Waals surface area contributed by atoms with Crippen molar-refractivity contribution in [3.8, 4) is 0 Å². The Balaban J connectivity index is 0.00000225. The smallest absolute Gasteiger partial charge is 0.243 e. The fourth-order valence-corrected chi connectivity index (χ4v) is 6.51. The number of hydrogen-bond acceptors (Lipinski definition) is 4. The maximum atomic E-state index is 13.6. The highest BCUT2D eigenvalue weighted by molar-refractivity contribution is 7.89. The van der Waals surface area contributed by atoms with E-state index in [0.717, 1.165) is 52.0 Å². The summed E-state index contributed by atoms with van der Waals surface area (Å²) in [6, 6.07) is 5.93. The number of nitrogens with zero attached hydrogens (tertiary/aromatic N) is 2. The fraction of sp³-hybridized carbons (Fsp3) is 0.714. The molecular formula is C21H34ClN3O2S. The van der Waals surface area contributed by atoms with E-state index in [9.17, 15) is 8.42 Å². The number of halogens is 1. The Morgan fingerprint density at radius 2 is 1.79 bits per heavy atom. The molecule has 0 aromatic heterocycles. The molecule has 158 valence electrons. The van der Waals surface area contributed by atoms with Gasteiger partial charge in [0.25, 0.3) is 0 Å². The SMILES string of the molecule is Cl.O=S(=O)(c1ccc2c(c1)CCCC2)N(CCN1CCCCC1)C1CCNC1. The highest BCUT2D eigenvalue weighted by Crippen LogP contribution is 2.27. The Morgan fingerprint density at radius 1 is 1.04 bits per heavy atom. The van der Waals surface area contributed by atoms with Crippen LogP contribution in [0.15, 0.2) is 23.1 Å². The van der Waals surface area contributed by atoms with Gasteiger partial charge in [-0.25, -0.2) is 8.42 Å². The average molecular weight is 428 g/mol. The van der Waals surface area contributed by atoms with Gasteiger partial charge in [0.1, 0.15) is 0 Å². The quantitative estimate of drug-likeness (QED) is 0.758. The first-order chi connectivity index (χ1) is 13.1. The molecule has 5 nitrogen and oxygen atoms in total. The first kappa shape index (κ1) is 22.0. The summed E-state index contributed by atoms with van der Waals surface area (Å²) in [5.41, 5.74) is 2.57. The van der Waals surface area contributed by atoms with Crippen LogP contribution in [0.3, 0.4) is 0 Å². The van der Waals surface area contributed by atoms with Gasteiger partial charge in [-0.3, -0.25) is 0 Å². The molecule has 1 atom stereocenters. The Labute approximate surface area is 176 Å². The maximum Gasteiger partial charge on any atom is 0.243 e. The molecule has 2 aliphatic heterocycles. The number of piperidine rings is 1. The standard InChI is InChI=1S/C21H33N3O2S.ClH/c25-27(26,21-9-8-18-6-2-3-7-19(18)16-21)24(20-10-11-22-17-20)15-14-23-12-4-1-5-13-23;/h8-9,16,20,22H,1-7,10-15,17H2;1H. The molecule has 4 rings (SSSR count). The molecule has 0 saturated carbocycles. The zero-order valence-corrected chi connectivity index (χ0v) is 18.4. The lowest BCUT2D eigenvalue weighted by atomic mass is 9.92. The van der Waals surface area contributed by atoms with Crippen LogP contribution in [-0.4, -0.2) is 62.9 Å². The summed E-state index contributed by atoms with van der Waals surface area (Å²) in [7, 11) is -3.45. The summed E-state index contributed by atoms with van der Waals surface area (Å²) >= 11 is 0. The molecule has 3 aliphatic rings. The van der Waals surface area contributed by atoms with E-state index in [1.807, 2.05) is 12.1 Å². The summed E-state index contributed by atoms with van der Waals surface area (Å²) in [5.74, 6) is 0. The first-order valence-corrected chi connectivity index (χ1v) is 12.2. The van der Waals surface area contributed by atoms with Crippen LogP contribution in [0.4, 0.5) is 0 Å². The van der Waals surface area contributed by atoms with Gasteiger partial charge in [0.05, 0.1) is 4.90 Å². The normalized spacial score (nSPS) is 23.4. The molecule has 7 heteroatoms.